The molecule has 0 unspecified atom stereocenters. The number of nitrogens with zero attached hydrogens (tertiary/aromatic N) is 18. The van der Waals surface area contributed by atoms with Gasteiger partial charge < -0.3 is 46.6 Å². The smallest absolute Gasteiger partial charge is 0.276 e. The molecule has 714 valence electrons. The van der Waals surface area contributed by atoms with Gasteiger partial charge in [0.15, 0.2) is 46.5 Å². The van der Waals surface area contributed by atoms with Gasteiger partial charge in [0.1, 0.15) is 51.8 Å². The molecule has 3 fully saturated rings. The Morgan fingerprint density at radius 2 is 0.667 bits per heavy atom. The first kappa shape index (κ1) is 102. The molecule has 6 N–H and O–H groups in total. The molecule has 12 aromatic rings. The molecule has 3 aliphatic heterocycles. The topological polar surface area (TPSA) is 363 Å². The minimum atomic E-state index is -1.88. The Bertz CT molecular complexity index is 6790. The number of aryl methyl sites for hydroxylation is 3. The fourth-order valence-electron chi connectivity index (χ4n) is 17.5. The molecule has 42 heteroatoms. The van der Waals surface area contributed by atoms with Crippen molar-refractivity contribution in [3.63, 3.8) is 0 Å². The zero-order valence-corrected chi connectivity index (χ0v) is 81.1. The first-order valence-electron chi connectivity index (χ1n) is 42.6. The lowest BCUT2D eigenvalue weighted by molar-refractivity contribution is -0.129. The van der Waals surface area contributed by atoms with E-state index in [4.69, 9.17) is 98.4 Å². The van der Waals surface area contributed by atoms with E-state index in [2.05, 4.69) is 55.7 Å². The van der Waals surface area contributed by atoms with Crippen LogP contribution in [0.2, 0.25) is 35.2 Å². The summed E-state index contributed by atoms with van der Waals surface area (Å²) >= 11 is 44.6. The Balaban J connectivity index is 0.000000175. The SMILES string of the molecule is C=CC(=O)N1CCN(c2c(C#N)c(=O)n(-c3c(C)ccnc3C(C)C)c3nc(-c4c(F)c(F)c(F)c(N)c4Cl)c(Cl)cc23)C[C@H]1C.C=CC(=O)N1CCN(c2c(C#N)c(=O)n(-c3c(C)ccnc3C(C)C)c3nc(-c4c(F)c(F)c(F)c(N)c4Cl)c(Cl)cc23)C[C@H]1C.C=CC(=O)N1CCN(c2c(C#N)c(=O)n(-c3c(C)ccnc3C(C)C)c3nc(-c4c(F)c(N)c(Cl)c(Cl)c4F)c(Cl)cc23)C[C@H]1C. The number of pyridine rings is 9. The quantitative estimate of drug-likeness (QED) is 0.0282. The van der Waals surface area contributed by atoms with Gasteiger partial charge >= 0.3 is 0 Å². The van der Waals surface area contributed by atoms with Crippen molar-refractivity contribution in [2.45, 2.75) is 119 Å². The molecule has 3 amide bonds. The van der Waals surface area contributed by atoms with Crippen LogP contribution in [-0.2, 0) is 14.4 Å². The number of carbonyl (C=O) groups is 3. The Morgan fingerprint density at radius 3 is 0.920 bits per heavy atom. The molecular formula is C96H84Cl7F8N21O6. The van der Waals surface area contributed by atoms with E-state index in [0.29, 0.717) is 50.8 Å². The lowest BCUT2D eigenvalue weighted by atomic mass is 10.0. The van der Waals surface area contributed by atoms with Crippen LogP contribution in [0.1, 0.15) is 131 Å². The molecule has 9 aromatic heterocycles. The van der Waals surface area contributed by atoms with Crippen LogP contribution in [0, 0.1) is 101 Å². The normalized spacial score (nSPS) is 15.0. The number of hydrogen-bond acceptors (Lipinski definition) is 21. The van der Waals surface area contributed by atoms with E-state index in [1.165, 1.54) is 50.1 Å². The first-order valence-corrected chi connectivity index (χ1v) is 45.2. The summed E-state index contributed by atoms with van der Waals surface area (Å²) in [7, 11) is 0. The van der Waals surface area contributed by atoms with Crippen molar-refractivity contribution in [3.05, 3.63) is 256 Å². The number of carbonyl (C=O) groups excluding carboxylic acids is 3. The summed E-state index contributed by atoms with van der Waals surface area (Å²) in [5.41, 5.74) is 13.4. The lowest BCUT2D eigenvalue weighted by Gasteiger charge is -2.41. The Labute approximate surface area is 819 Å². The number of anilines is 6. The number of rotatable bonds is 15. The van der Waals surface area contributed by atoms with Crippen molar-refractivity contribution in [2.24, 2.45) is 0 Å². The second kappa shape index (κ2) is 40.3. The van der Waals surface area contributed by atoms with E-state index in [0.717, 1.165) is 0 Å². The highest BCUT2D eigenvalue weighted by Gasteiger charge is 2.40. The van der Waals surface area contributed by atoms with Crippen LogP contribution < -0.4 is 48.6 Å². The average Bonchev–Trinajstić information content (AvgIpc) is 0.726. The number of hydrogen-bond donors (Lipinski definition) is 3. The Hall–Kier alpha value is -13.4. The summed E-state index contributed by atoms with van der Waals surface area (Å²) in [6.45, 7) is 34.9. The number of piperazine rings is 3. The van der Waals surface area contributed by atoms with Crippen LogP contribution in [0.25, 0.3) is 83.9 Å². The third kappa shape index (κ3) is 17.7. The van der Waals surface area contributed by atoms with Crippen LogP contribution in [0.5, 0.6) is 0 Å². The van der Waals surface area contributed by atoms with Gasteiger partial charge in [-0.3, -0.25) is 57.4 Å². The number of benzene rings is 3. The molecule has 0 radical (unpaired) electrons. The van der Waals surface area contributed by atoms with Gasteiger partial charge in [0, 0.05) is 112 Å². The first-order chi connectivity index (χ1) is 65.2. The van der Waals surface area contributed by atoms with E-state index in [1.54, 1.807) is 87.0 Å². The predicted octanol–water partition coefficient (Wildman–Crippen LogP) is 19.4. The van der Waals surface area contributed by atoms with Gasteiger partial charge in [0.05, 0.1) is 137 Å². The van der Waals surface area contributed by atoms with Crippen molar-refractivity contribution < 1.29 is 49.5 Å². The Morgan fingerprint density at radius 1 is 0.399 bits per heavy atom. The van der Waals surface area contributed by atoms with Gasteiger partial charge in [-0.25, -0.2) is 50.1 Å². The third-order valence-electron chi connectivity index (χ3n) is 24.1. The molecule has 3 atom stereocenters. The van der Waals surface area contributed by atoms with Crippen LogP contribution in [0.3, 0.4) is 0 Å². The monoisotopic (exact) mass is 2020 g/mol. The number of nitrogen functional groups attached to an aromatic ring is 3. The van der Waals surface area contributed by atoms with E-state index in [1.807, 2.05) is 74.5 Å². The largest absolute Gasteiger partial charge is 0.395 e. The fourth-order valence-corrected chi connectivity index (χ4v) is 19.1. The number of nitrogens with two attached hydrogens (primary N) is 3. The maximum atomic E-state index is 15.6. The maximum Gasteiger partial charge on any atom is 0.276 e. The molecule has 0 bridgehead atoms. The van der Waals surface area contributed by atoms with Gasteiger partial charge in [0.2, 0.25) is 17.7 Å². The van der Waals surface area contributed by atoms with Gasteiger partial charge in [0.25, 0.3) is 16.7 Å². The summed E-state index contributed by atoms with van der Waals surface area (Å²) in [6.07, 6.45) is 8.43. The minimum Gasteiger partial charge on any atom is -0.395 e. The van der Waals surface area contributed by atoms with Crippen molar-refractivity contribution in [2.75, 3.05) is 90.8 Å². The van der Waals surface area contributed by atoms with Crippen molar-refractivity contribution in [3.8, 4) is 69.0 Å². The zero-order chi connectivity index (χ0) is 101. The molecule has 3 saturated heterocycles. The van der Waals surface area contributed by atoms with E-state index in [-0.39, 0.29) is 200 Å². The number of halogens is 15. The van der Waals surface area contributed by atoms with Crippen LogP contribution >= 0.6 is 81.2 Å². The highest BCUT2D eigenvalue weighted by Crippen LogP contribution is 2.49. The lowest BCUT2D eigenvalue weighted by Crippen LogP contribution is -2.54. The molecule has 27 nitrogen and oxygen atoms in total. The summed E-state index contributed by atoms with van der Waals surface area (Å²) in [5, 5.41) is 28.8. The maximum absolute atomic E-state index is 15.6. The zero-order valence-electron chi connectivity index (χ0n) is 75.8. The van der Waals surface area contributed by atoms with Gasteiger partial charge in [-0.05, 0) is 131 Å². The molecule has 138 heavy (non-hydrogen) atoms. The number of fused-ring (bicyclic) bond motifs is 3. The van der Waals surface area contributed by atoms with Crippen molar-refractivity contribution >= 4 is 166 Å². The summed E-state index contributed by atoms with van der Waals surface area (Å²) in [4.78, 5) is 118. The molecule has 0 spiro atoms. The molecule has 0 saturated carbocycles. The molecule has 12 heterocycles. The minimum absolute atomic E-state index is 0.0444. The molecule has 0 aliphatic carbocycles. The molecule has 3 aromatic carbocycles. The van der Waals surface area contributed by atoms with E-state index >= 15 is 17.6 Å². The van der Waals surface area contributed by atoms with Crippen LogP contribution in [0.15, 0.2) is 107 Å². The molecule has 15 rings (SSSR count). The van der Waals surface area contributed by atoms with Gasteiger partial charge in [-0.15, -0.1) is 0 Å². The van der Waals surface area contributed by atoms with Crippen LogP contribution in [-0.4, -0.2) is 153 Å². The number of nitriles is 3. The number of aromatic nitrogens is 9. The average molecular weight is 2030 g/mol. The fraction of sp³-hybridized carbons (Fsp3) is 0.281. The molecular weight excluding hydrogens is 1940 g/mol. The van der Waals surface area contributed by atoms with E-state index in [9.17, 15) is 62.1 Å². The standard InChI is InChI=1S/C32H28Cl3F2N7O2.2C32H28Cl2F3N7O2/c1-6-20(45)43-10-9-42(13-16(43)5)30-17-11-19(33)28(21-24(36)22(34)23(35)26(39)25(21)37)41-31(17)44(32(46)18(30)12-38)29-15(4)7-8-40-27(29)14(2)3;2*1-6-20(45)43-10-9-42(13-16(43)5)30-17-11-19(33)28(21-22(34)26(39)25(37)24(36)23(21)35)41-31(17)44(32(46)18(30)12-38)29-15(4)7-8-40-27(29)14(2)3/h3*6-8,11,14,16H,1,9-10,13,39H2,2-5H3/t3*16-/m111/s1. The Kier molecular flexibility index (Phi) is 29.8. The second-order valence-corrected chi connectivity index (χ2v) is 36.5. The number of amides is 3. The van der Waals surface area contributed by atoms with E-state index < -0.39 is 128 Å². The highest BCUT2D eigenvalue weighted by atomic mass is 35.5. The summed E-state index contributed by atoms with van der Waals surface area (Å²) in [6, 6.07) is 14.4. The third-order valence-corrected chi connectivity index (χ3v) is 26.6. The van der Waals surface area contributed by atoms with Gasteiger partial charge in [-0.1, -0.05) is 142 Å². The predicted molar refractivity (Wildman–Crippen MR) is 521 cm³/mol. The summed E-state index contributed by atoms with van der Waals surface area (Å²) < 4.78 is 123. The van der Waals surface area contributed by atoms with Crippen molar-refractivity contribution in [1.82, 2.24) is 58.3 Å². The molecule has 3 aliphatic rings. The second-order valence-electron chi connectivity index (χ2n) is 33.8. The van der Waals surface area contributed by atoms with Crippen molar-refractivity contribution in [1.29, 1.82) is 15.8 Å². The highest BCUT2D eigenvalue weighted by molar-refractivity contribution is 6.44. The van der Waals surface area contributed by atoms with Gasteiger partial charge in [-0.2, -0.15) is 15.8 Å². The van der Waals surface area contributed by atoms with Crippen LogP contribution in [0.4, 0.5) is 69.2 Å². The summed E-state index contributed by atoms with van der Waals surface area (Å²) in [5.74, 6) is -14.3.